The lowest BCUT2D eigenvalue weighted by Gasteiger charge is -2.38. The van der Waals surface area contributed by atoms with E-state index in [0.717, 1.165) is 5.56 Å². The lowest BCUT2D eigenvalue weighted by Crippen LogP contribution is -2.51. The molecule has 0 saturated carbocycles. The number of carbonyl (C=O) groups excluding carboxylic acids is 1. The minimum atomic E-state index is -2.77. The zero-order valence-electron chi connectivity index (χ0n) is 11.7. The number of nitrogens with zero attached hydrogens (tertiary/aromatic N) is 3. The molecule has 2 rings (SSSR count). The fourth-order valence-corrected chi connectivity index (χ4v) is 2.37. The molecule has 1 atom stereocenters. The number of hydrogen-bond donors (Lipinski definition) is 0. The van der Waals surface area contributed by atoms with Gasteiger partial charge in [-0.2, -0.15) is 5.10 Å². The Labute approximate surface area is 116 Å². The molecule has 0 N–H and O–H groups in total. The minimum absolute atomic E-state index is 0.0277. The molecule has 1 aliphatic heterocycles. The standard InChI is InChI=1S/C13H19F2N3O2/c1-10-5-16-18(6-10)8-12(19)17-4-3-13(14,15)11(7-17)9-20-2/h5-6,11H,3-4,7-9H2,1-2H3. The van der Waals surface area contributed by atoms with Crippen LogP contribution in [0.15, 0.2) is 12.4 Å². The van der Waals surface area contributed by atoms with Crippen molar-refractivity contribution < 1.29 is 18.3 Å². The Morgan fingerprint density at radius 1 is 1.60 bits per heavy atom. The van der Waals surface area contributed by atoms with Crippen LogP contribution in [0.25, 0.3) is 0 Å². The summed E-state index contributed by atoms with van der Waals surface area (Å²) in [5.41, 5.74) is 0.959. The van der Waals surface area contributed by atoms with Crippen LogP contribution in [-0.4, -0.2) is 53.3 Å². The van der Waals surface area contributed by atoms with Crippen LogP contribution in [0, 0.1) is 12.8 Å². The Bertz CT molecular complexity index is 476. The largest absolute Gasteiger partial charge is 0.384 e. The monoisotopic (exact) mass is 287 g/mol. The molecule has 0 bridgehead atoms. The van der Waals surface area contributed by atoms with Crippen molar-refractivity contribution in [3.8, 4) is 0 Å². The summed E-state index contributed by atoms with van der Waals surface area (Å²) >= 11 is 0. The molecule has 1 saturated heterocycles. The first-order valence-electron chi connectivity index (χ1n) is 6.56. The maximum absolute atomic E-state index is 13.7. The average Bonchev–Trinajstić information content (AvgIpc) is 2.77. The second-order valence-electron chi connectivity index (χ2n) is 5.22. The molecule has 1 aromatic rings. The number of ether oxygens (including phenoxy) is 1. The van der Waals surface area contributed by atoms with E-state index < -0.39 is 11.8 Å². The van der Waals surface area contributed by atoms with Gasteiger partial charge in [0.25, 0.3) is 5.92 Å². The van der Waals surface area contributed by atoms with E-state index in [1.54, 1.807) is 12.4 Å². The van der Waals surface area contributed by atoms with Crippen molar-refractivity contribution in [2.75, 3.05) is 26.8 Å². The molecule has 0 aliphatic carbocycles. The number of amides is 1. The first-order valence-corrected chi connectivity index (χ1v) is 6.56. The quantitative estimate of drug-likeness (QED) is 0.839. The zero-order valence-corrected chi connectivity index (χ0v) is 11.7. The third-order valence-electron chi connectivity index (χ3n) is 3.53. The molecule has 0 spiro atoms. The van der Waals surface area contributed by atoms with Gasteiger partial charge in [0.2, 0.25) is 5.91 Å². The van der Waals surface area contributed by atoms with E-state index in [-0.39, 0.29) is 38.6 Å². The number of hydrogen-bond acceptors (Lipinski definition) is 3. The van der Waals surface area contributed by atoms with Crippen molar-refractivity contribution >= 4 is 5.91 Å². The predicted molar refractivity (Wildman–Crippen MR) is 68.5 cm³/mol. The second-order valence-corrected chi connectivity index (χ2v) is 5.22. The van der Waals surface area contributed by atoms with Crippen molar-refractivity contribution in [2.24, 2.45) is 5.92 Å². The predicted octanol–water partition coefficient (Wildman–Crippen LogP) is 1.32. The van der Waals surface area contributed by atoms with Crippen LogP contribution in [0.5, 0.6) is 0 Å². The normalized spacial score (nSPS) is 22.0. The van der Waals surface area contributed by atoms with Crippen LogP contribution in [0.2, 0.25) is 0 Å². The van der Waals surface area contributed by atoms with Crippen LogP contribution in [-0.2, 0) is 16.1 Å². The SMILES string of the molecule is COCC1CN(C(=O)Cn2cc(C)cn2)CCC1(F)F. The second kappa shape index (κ2) is 5.87. The lowest BCUT2D eigenvalue weighted by molar-refractivity contribution is -0.151. The maximum atomic E-state index is 13.7. The molecule has 2 heterocycles. The number of carbonyl (C=O) groups is 1. The Hall–Kier alpha value is -1.50. The van der Waals surface area contributed by atoms with E-state index in [9.17, 15) is 13.6 Å². The molecule has 1 aromatic heterocycles. The van der Waals surface area contributed by atoms with Gasteiger partial charge >= 0.3 is 0 Å². The van der Waals surface area contributed by atoms with Crippen molar-refractivity contribution in [2.45, 2.75) is 25.8 Å². The highest BCUT2D eigenvalue weighted by Gasteiger charge is 2.44. The molecule has 1 amide bonds. The van der Waals surface area contributed by atoms with E-state index in [4.69, 9.17) is 4.74 Å². The molecule has 0 radical (unpaired) electrons. The van der Waals surface area contributed by atoms with Gasteiger partial charge in [0.1, 0.15) is 6.54 Å². The Balaban J connectivity index is 1.97. The highest BCUT2D eigenvalue weighted by Crippen LogP contribution is 2.33. The molecule has 1 fully saturated rings. The number of methoxy groups -OCH3 is 1. The molecule has 20 heavy (non-hydrogen) atoms. The molecule has 1 unspecified atom stereocenters. The Morgan fingerprint density at radius 2 is 2.35 bits per heavy atom. The number of alkyl halides is 2. The van der Waals surface area contributed by atoms with E-state index in [1.807, 2.05) is 6.92 Å². The summed E-state index contributed by atoms with van der Waals surface area (Å²) in [7, 11) is 1.39. The number of rotatable bonds is 4. The fourth-order valence-electron chi connectivity index (χ4n) is 2.37. The molecule has 0 aromatic carbocycles. The molecular weight excluding hydrogens is 268 g/mol. The van der Waals surface area contributed by atoms with Crippen LogP contribution >= 0.6 is 0 Å². The minimum Gasteiger partial charge on any atom is -0.384 e. The van der Waals surface area contributed by atoms with Gasteiger partial charge in [-0.1, -0.05) is 0 Å². The van der Waals surface area contributed by atoms with Crippen molar-refractivity contribution in [1.82, 2.24) is 14.7 Å². The van der Waals surface area contributed by atoms with Gasteiger partial charge < -0.3 is 9.64 Å². The smallest absolute Gasteiger partial charge is 0.256 e. The van der Waals surface area contributed by atoms with Crippen LogP contribution in [0.4, 0.5) is 8.78 Å². The molecule has 112 valence electrons. The molecular formula is C13H19F2N3O2. The number of piperidine rings is 1. The molecule has 7 heteroatoms. The topological polar surface area (TPSA) is 47.4 Å². The summed E-state index contributed by atoms with van der Waals surface area (Å²) in [4.78, 5) is 13.6. The average molecular weight is 287 g/mol. The van der Waals surface area contributed by atoms with Crippen molar-refractivity contribution in [1.29, 1.82) is 0 Å². The first-order chi connectivity index (χ1) is 9.42. The summed E-state index contributed by atoms with van der Waals surface area (Å²) in [6.07, 6.45) is 3.10. The van der Waals surface area contributed by atoms with Gasteiger partial charge in [-0.3, -0.25) is 9.48 Å². The highest BCUT2D eigenvalue weighted by molar-refractivity contribution is 5.76. The third-order valence-corrected chi connectivity index (χ3v) is 3.53. The van der Waals surface area contributed by atoms with Crippen molar-refractivity contribution in [3.63, 3.8) is 0 Å². The van der Waals surface area contributed by atoms with E-state index in [1.165, 1.54) is 16.7 Å². The number of aryl methyl sites for hydroxylation is 1. The van der Waals surface area contributed by atoms with Gasteiger partial charge in [-0.15, -0.1) is 0 Å². The summed E-state index contributed by atoms with van der Waals surface area (Å²) in [6, 6.07) is 0. The van der Waals surface area contributed by atoms with Gasteiger partial charge in [0.15, 0.2) is 0 Å². The van der Waals surface area contributed by atoms with Gasteiger partial charge in [0.05, 0.1) is 18.7 Å². The van der Waals surface area contributed by atoms with Crippen LogP contribution in [0.1, 0.15) is 12.0 Å². The Kier molecular flexibility index (Phi) is 4.37. The molecule has 5 nitrogen and oxygen atoms in total. The van der Waals surface area contributed by atoms with Crippen LogP contribution < -0.4 is 0 Å². The van der Waals surface area contributed by atoms with E-state index in [0.29, 0.717) is 0 Å². The molecule has 1 aliphatic rings. The number of aromatic nitrogens is 2. The maximum Gasteiger partial charge on any atom is 0.256 e. The van der Waals surface area contributed by atoms with Crippen molar-refractivity contribution in [3.05, 3.63) is 18.0 Å². The lowest BCUT2D eigenvalue weighted by atomic mass is 9.94. The zero-order chi connectivity index (χ0) is 14.8. The number of likely N-dealkylation sites (tertiary alicyclic amines) is 1. The van der Waals surface area contributed by atoms with E-state index in [2.05, 4.69) is 5.10 Å². The Morgan fingerprint density at radius 3 is 2.95 bits per heavy atom. The van der Waals surface area contributed by atoms with Gasteiger partial charge in [0, 0.05) is 32.8 Å². The number of halogens is 2. The highest BCUT2D eigenvalue weighted by atomic mass is 19.3. The van der Waals surface area contributed by atoms with Gasteiger partial charge in [-0.25, -0.2) is 8.78 Å². The summed E-state index contributed by atoms with van der Waals surface area (Å²) in [5, 5.41) is 4.03. The van der Waals surface area contributed by atoms with E-state index >= 15 is 0 Å². The first kappa shape index (κ1) is 14.9. The fraction of sp³-hybridized carbons (Fsp3) is 0.692. The summed E-state index contributed by atoms with van der Waals surface area (Å²) in [6.45, 7) is 2.02. The third kappa shape index (κ3) is 3.33. The van der Waals surface area contributed by atoms with Gasteiger partial charge in [-0.05, 0) is 12.5 Å². The van der Waals surface area contributed by atoms with Crippen LogP contribution in [0.3, 0.4) is 0 Å². The summed E-state index contributed by atoms with van der Waals surface area (Å²) in [5.74, 6) is -3.90. The summed E-state index contributed by atoms with van der Waals surface area (Å²) < 4.78 is 33.7.